The number of hydrogen-bond donors (Lipinski definition) is 2. The molecule has 0 heterocycles. The van der Waals surface area contributed by atoms with Crippen LogP contribution in [0.25, 0.3) is 0 Å². The molecular weight excluding hydrogens is 308 g/mol. The van der Waals surface area contributed by atoms with Gasteiger partial charge in [0.05, 0.1) is 12.3 Å². The predicted molar refractivity (Wildman–Crippen MR) is 99.3 cm³/mol. The summed E-state index contributed by atoms with van der Waals surface area (Å²) in [6.45, 7) is 7.36. The van der Waals surface area contributed by atoms with Crippen molar-refractivity contribution in [1.82, 2.24) is 5.32 Å². The molecule has 0 aliphatic carbocycles. The molecule has 0 amide bonds. The maximum absolute atomic E-state index is 6.10. The maximum Gasteiger partial charge on any atom is 0.124 e. The summed E-state index contributed by atoms with van der Waals surface area (Å²) in [7, 11) is 0. The number of para-hydroxylation sites is 1. The molecular formula is C19H27ClN2O. The average Bonchev–Trinajstić information content (AvgIpc) is 2.56. The highest BCUT2D eigenvalue weighted by molar-refractivity contribution is 6.31. The first-order valence-electron chi connectivity index (χ1n) is 8.03. The zero-order valence-electron chi connectivity index (χ0n) is 14.2. The molecule has 23 heavy (non-hydrogen) atoms. The number of rotatable bonds is 9. The van der Waals surface area contributed by atoms with Crippen LogP contribution in [0, 0.1) is 0 Å². The van der Waals surface area contributed by atoms with Gasteiger partial charge in [-0.25, -0.2) is 0 Å². The molecule has 0 saturated carbocycles. The molecule has 0 unspecified atom stereocenters. The average molecular weight is 335 g/mol. The zero-order chi connectivity index (χ0) is 17.1. The highest BCUT2D eigenvalue weighted by Crippen LogP contribution is 2.18. The summed E-state index contributed by atoms with van der Waals surface area (Å²) in [4.78, 5) is 0. The zero-order valence-corrected chi connectivity index (χ0v) is 15.0. The normalized spacial score (nSPS) is 13.1. The summed E-state index contributed by atoms with van der Waals surface area (Å²) in [5.41, 5.74) is 8.75. The van der Waals surface area contributed by atoms with Crippen LogP contribution in [0.2, 0.25) is 0 Å². The van der Waals surface area contributed by atoms with E-state index in [4.69, 9.17) is 22.1 Å². The number of nitrogens with two attached hydrogens (primary N) is 1. The van der Waals surface area contributed by atoms with Crippen LogP contribution in [0.3, 0.4) is 0 Å². The number of unbranched alkanes of at least 4 members (excludes halogenated alkanes) is 1. The maximum atomic E-state index is 6.10. The van der Waals surface area contributed by atoms with Gasteiger partial charge in [-0.2, -0.15) is 0 Å². The molecule has 0 aliphatic heterocycles. The molecule has 0 radical (unpaired) electrons. The van der Waals surface area contributed by atoms with Crippen molar-refractivity contribution >= 4 is 11.6 Å². The summed E-state index contributed by atoms with van der Waals surface area (Å²) >= 11 is 6.10. The molecule has 1 aromatic rings. The van der Waals surface area contributed by atoms with E-state index in [1.54, 1.807) is 0 Å². The van der Waals surface area contributed by atoms with Gasteiger partial charge in [-0.15, -0.1) is 0 Å². The number of halogens is 1. The molecule has 3 nitrogen and oxygen atoms in total. The lowest BCUT2D eigenvalue weighted by atomic mass is 10.2. The Morgan fingerprint density at radius 3 is 2.70 bits per heavy atom. The van der Waals surface area contributed by atoms with Crippen molar-refractivity contribution < 1.29 is 4.74 Å². The van der Waals surface area contributed by atoms with E-state index in [1.807, 2.05) is 56.3 Å². The lowest BCUT2D eigenvalue weighted by Gasteiger charge is -2.12. The van der Waals surface area contributed by atoms with Crippen LogP contribution in [-0.2, 0) is 6.54 Å². The Hall–Kier alpha value is -1.87. The van der Waals surface area contributed by atoms with E-state index in [2.05, 4.69) is 12.2 Å². The third-order valence-corrected chi connectivity index (χ3v) is 3.58. The fourth-order valence-electron chi connectivity index (χ4n) is 1.92. The fraction of sp³-hybridized carbons (Fsp3) is 0.368. The van der Waals surface area contributed by atoms with E-state index in [0.717, 1.165) is 29.9 Å². The summed E-state index contributed by atoms with van der Waals surface area (Å²) < 4.78 is 5.62. The Morgan fingerprint density at radius 2 is 2.00 bits per heavy atom. The van der Waals surface area contributed by atoms with Gasteiger partial charge in [0.25, 0.3) is 0 Å². The number of hydrogen-bond acceptors (Lipinski definition) is 3. The molecule has 0 saturated heterocycles. The van der Waals surface area contributed by atoms with Crippen LogP contribution in [0.1, 0.15) is 39.2 Å². The van der Waals surface area contributed by atoms with E-state index < -0.39 is 0 Å². The molecule has 0 spiro atoms. The van der Waals surface area contributed by atoms with E-state index in [9.17, 15) is 0 Å². The smallest absolute Gasteiger partial charge is 0.124 e. The van der Waals surface area contributed by atoms with E-state index in [-0.39, 0.29) is 0 Å². The lowest BCUT2D eigenvalue weighted by Crippen LogP contribution is -2.16. The molecule has 0 atom stereocenters. The highest BCUT2D eigenvalue weighted by Gasteiger charge is 2.02. The van der Waals surface area contributed by atoms with E-state index >= 15 is 0 Å². The van der Waals surface area contributed by atoms with Crippen molar-refractivity contribution in [2.24, 2.45) is 5.73 Å². The Kier molecular flexibility index (Phi) is 9.00. The predicted octanol–water partition coefficient (Wildman–Crippen LogP) is 4.84. The van der Waals surface area contributed by atoms with Gasteiger partial charge in [-0.1, -0.05) is 49.2 Å². The van der Waals surface area contributed by atoms with Gasteiger partial charge in [0.15, 0.2) is 0 Å². The van der Waals surface area contributed by atoms with Crippen LogP contribution in [0.4, 0.5) is 0 Å². The Balaban J connectivity index is 2.67. The quantitative estimate of drug-likeness (QED) is 0.635. The van der Waals surface area contributed by atoms with Crippen LogP contribution < -0.4 is 15.8 Å². The SMILES string of the molecule is CCC/C=C(Cl)/C=C\C(N)=C(/C)NCc1ccccc1OCC. The number of benzene rings is 1. The number of ether oxygens (including phenoxy) is 1. The lowest BCUT2D eigenvalue weighted by molar-refractivity contribution is 0.336. The van der Waals surface area contributed by atoms with Crippen molar-refractivity contribution in [3.8, 4) is 5.75 Å². The number of nitrogens with one attached hydrogen (secondary N) is 1. The summed E-state index contributed by atoms with van der Waals surface area (Å²) in [6, 6.07) is 7.99. The van der Waals surface area contributed by atoms with Gasteiger partial charge in [-0.05, 0) is 38.5 Å². The summed E-state index contributed by atoms with van der Waals surface area (Å²) in [6.07, 6.45) is 7.69. The molecule has 126 valence electrons. The summed E-state index contributed by atoms with van der Waals surface area (Å²) in [5.74, 6) is 0.898. The first-order valence-corrected chi connectivity index (χ1v) is 8.40. The van der Waals surface area contributed by atoms with Gasteiger partial charge in [0, 0.05) is 22.8 Å². The van der Waals surface area contributed by atoms with Crippen molar-refractivity contribution in [3.63, 3.8) is 0 Å². The van der Waals surface area contributed by atoms with Gasteiger partial charge < -0.3 is 15.8 Å². The van der Waals surface area contributed by atoms with Gasteiger partial charge in [0.2, 0.25) is 0 Å². The topological polar surface area (TPSA) is 47.3 Å². The van der Waals surface area contributed by atoms with Crippen LogP contribution in [0.5, 0.6) is 5.75 Å². The second-order valence-corrected chi connectivity index (χ2v) is 5.62. The minimum Gasteiger partial charge on any atom is -0.494 e. The Labute approximate surface area is 144 Å². The van der Waals surface area contributed by atoms with Crippen LogP contribution >= 0.6 is 11.6 Å². The Morgan fingerprint density at radius 1 is 1.26 bits per heavy atom. The third-order valence-electron chi connectivity index (χ3n) is 3.30. The van der Waals surface area contributed by atoms with Crippen molar-refractivity contribution in [3.05, 3.63) is 64.5 Å². The molecule has 0 aromatic heterocycles. The van der Waals surface area contributed by atoms with Crippen molar-refractivity contribution in [1.29, 1.82) is 0 Å². The fourth-order valence-corrected chi connectivity index (χ4v) is 2.09. The van der Waals surface area contributed by atoms with E-state index in [1.165, 1.54) is 0 Å². The van der Waals surface area contributed by atoms with Crippen LogP contribution in [-0.4, -0.2) is 6.61 Å². The Bertz CT molecular complexity index is 576. The van der Waals surface area contributed by atoms with Crippen molar-refractivity contribution in [2.45, 2.75) is 40.2 Å². The third kappa shape index (κ3) is 7.29. The molecule has 3 N–H and O–H groups in total. The minimum absolute atomic E-state index is 0.652. The van der Waals surface area contributed by atoms with Gasteiger partial charge in [0.1, 0.15) is 5.75 Å². The first-order chi connectivity index (χ1) is 11.1. The second-order valence-electron chi connectivity index (χ2n) is 5.19. The number of allylic oxidation sites excluding steroid dienone is 5. The molecule has 0 fully saturated rings. The van der Waals surface area contributed by atoms with Crippen molar-refractivity contribution in [2.75, 3.05) is 6.61 Å². The molecule has 1 rings (SSSR count). The minimum atomic E-state index is 0.652. The largest absolute Gasteiger partial charge is 0.494 e. The monoisotopic (exact) mass is 334 g/mol. The molecule has 0 bridgehead atoms. The van der Waals surface area contributed by atoms with E-state index in [0.29, 0.717) is 23.9 Å². The molecule has 4 heteroatoms. The molecule has 1 aromatic carbocycles. The second kappa shape index (κ2) is 10.8. The highest BCUT2D eigenvalue weighted by atomic mass is 35.5. The van der Waals surface area contributed by atoms with Gasteiger partial charge in [-0.3, -0.25) is 0 Å². The summed E-state index contributed by atoms with van der Waals surface area (Å²) in [5, 5.41) is 4.04. The van der Waals surface area contributed by atoms with Gasteiger partial charge >= 0.3 is 0 Å². The first kappa shape index (κ1) is 19.2. The molecule has 0 aliphatic rings. The standard InChI is InChI=1S/C19H27ClN2O/c1-4-6-10-17(20)12-13-18(21)15(3)22-14-16-9-7-8-11-19(16)23-5-2/h7-13,22H,4-6,14,21H2,1-3H3/b13-12-,17-10-,18-15-. The van der Waals surface area contributed by atoms with Crippen LogP contribution in [0.15, 0.2) is 58.9 Å².